The topological polar surface area (TPSA) is 102 Å². The van der Waals surface area contributed by atoms with E-state index in [0.717, 1.165) is 21.8 Å². The Bertz CT molecular complexity index is 1500. The molecule has 1 N–H and O–H groups in total. The van der Waals surface area contributed by atoms with Crippen LogP contribution in [0.25, 0.3) is 0 Å². The second-order valence-corrected chi connectivity index (χ2v) is 11.9. The van der Waals surface area contributed by atoms with E-state index in [2.05, 4.69) is 15.9 Å². The van der Waals surface area contributed by atoms with Gasteiger partial charge in [0.25, 0.3) is 20.0 Å². The van der Waals surface area contributed by atoms with Crippen LogP contribution in [0, 0.1) is 18.6 Å². The van der Waals surface area contributed by atoms with Crippen LogP contribution in [-0.4, -0.2) is 26.6 Å². The Labute approximate surface area is 197 Å². The summed E-state index contributed by atoms with van der Waals surface area (Å²) in [6.45, 7) is 1.78. The van der Waals surface area contributed by atoms with Crippen LogP contribution in [0.3, 0.4) is 0 Å². The monoisotopic (exact) mass is 558 g/mol. The van der Waals surface area contributed by atoms with Gasteiger partial charge in [-0.15, -0.1) is 0 Å². The largest absolute Gasteiger partial charge is 0.299 e. The molecule has 0 unspecified atom stereocenters. The number of nitrogens with one attached hydrogen (secondary N) is 1. The number of benzene rings is 2. The van der Waals surface area contributed by atoms with Gasteiger partial charge >= 0.3 is 0 Å². The van der Waals surface area contributed by atoms with E-state index in [0.29, 0.717) is 6.07 Å². The van der Waals surface area contributed by atoms with Crippen molar-refractivity contribution in [3.63, 3.8) is 0 Å². The lowest BCUT2D eigenvalue weighted by atomic mass is 9.97. The molecule has 1 aliphatic carbocycles. The van der Waals surface area contributed by atoms with Gasteiger partial charge in [0.05, 0.1) is 15.1 Å². The third-order valence-electron chi connectivity index (χ3n) is 5.29. The highest BCUT2D eigenvalue weighted by Crippen LogP contribution is 2.33. The van der Waals surface area contributed by atoms with E-state index >= 15 is 0 Å². The maximum Gasteiger partial charge on any atom is 0.267 e. The Kier molecular flexibility index (Phi) is 5.95. The highest BCUT2D eigenvalue weighted by Gasteiger charge is 2.34. The summed E-state index contributed by atoms with van der Waals surface area (Å²) in [5, 5.41) is 0. The first kappa shape index (κ1) is 23.6. The number of aromatic nitrogens is 1. The van der Waals surface area contributed by atoms with E-state index in [-0.39, 0.29) is 45.7 Å². The molecule has 4 rings (SSSR count). The van der Waals surface area contributed by atoms with Crippen LogP contribution in [0.15, 0.2) is 56.9 Å². The second kappa shape index (κ2) is 8.33. The first-order valence-corrected chi connectivity index (χ1v) is 13.4. The summed E-state index contributed by atoms with van der Waals surface area (Å²) in [7, 11) is -8.74. The minimum Gasteiger partial charge on any atom is -0.299 e. The number of aryl methyl sites for hydroxylation is 1. The molecule has 33 heavy (non-hydrogen) atoms. The van der Waals surface area contributed by atoms with E-state index in [1.54, 1.807) is 19.1 Å². The lowest BCUT2D eigenvalue weighted by Crippen LogP contribution is -2.21. The van der Waals surface area contributed by atoms with Gasteiger partial charge in [-0.3, -0.25) is 9.52 Å². The van der Waals surface area contributed by atoms with Crippen molar-refractivity contribution in [3.05, 3.63) is 75.5 Å². The van der Waals surface area contributed by atoms with Gasteiger partial charge in [-0.1, -0.05) is 17.7 Å². The molecule has 1 aliphatic rings. The zero-order valence-electron chi connectivity index (χ0n) is 17.1. The number of halogens is 3. The van der Waals surface area contributed by atoms with Crippen molar-refractivity contribution in [1.29, 1.82) is 0 Å². The van der Waals surface area contributed by atoms with Crippen molar-refractivity contribution in [1.82, 2.24) is 3.97 Å². The van der Waals surface area contributed by atoms with Crippen LogP contribution >= 0.6 is 15.9 Å². The fourth-order valence-electron chi connectivity index (χ4n) is 3.60. The van der Waals surface area contributed by atoms with Crippen molar-refractivity contribution < 1.29 is 30.4 Å². The number of hydrogen-bond donors (Lipinski definition) is 1. The summed E-state index contributed by atoms with van der Waals surface area (Å²) in [6.07, 6.45) is 0.675. The number of nitrogens with zero attached hydrogens (tertiary/aromatic N) is 1. The summed E-state index contributed by atoms with van der Waals surface area (Å²) >= 11 is 2.82. The second-order valence-electron chi connectivity index (χ2n) is 7.60. The third kappa shape index (κ3) is 4.34. The van der Waals surface area contributed by atoms with Gasteiger partial charge in [0.1, 0.15) is 22.3 Å². The standard InChI is InChI=1S/C21H17BrF2N2O5S2/c1-12-2-5-14(6-3-12)33(30,31)26-11-21(15-7-4-13(27)8-20(15)26)32(28,29)25-19-10-17(23)16(22)9-18(19)24/h2-3,5-6,9-11,25H,4,7-8H2,1H3. The Balaban J connectivity index is 1.86. The first-order chi connectivity index (χ1) is 15.4. The van der Waals surface area contributed by atoms with Gasteiger partial charge in [0, 0.05) is 30.8 Å². The summed E-state index contributed by atoms with van der Waals surface area (Å²) in [5.74, 6) is -2.15. The number of Topliss-reactive ketones (excluding diaryl/α,β-unsaturated/α-hetero) is 1. The predicted molar refractivity (Wildman–Crippen MR) is 120 cm³/mol. The first-order valence-electron chi connectivity index (χ1n) is 9.64. The molecule has 3 aromatic rings. The van der Waals surface area contributed by atoms with E-state index in [9.17, 15) is 30.4 Å². The number of carbonyl (C=O) groups excluding carboxylic acids is 1. The van der Waals surface area contributed by atoms with E-state index in [1.807, 2.05) is 4.72 Å². The Morgan fingerprint density at radius 3 is 2.33 bits per heavy atom. The average Bonchev–Trinajstić information content (AvgIpc) is 3.12. The number of hydrogen-bond acceptors (Lipinski definition) is 5. The zero-order chi connectivity index (χ0) is 24.1. The van der Waals surface area contributed by atoms with Crippen LogP contribution in [0.4, 0.5) is 14.5 Å². The van der Waals surface area contributed by atoms with Gasteiger partial charge in [0.2, 0.25) is 0 Å². The molecule has 0 fully saturated rings. The quantitative estimate of drug-likeness (QED) is 0.478. The van der Waals surface area contributed by atoms with Gasteiger partial charge in [-0.2, -0.15) is 0 Å². The summed E-state index contributed by atoms with van der Waals surface area (Å²) in [6, 6.07) is 7.40. The Morgan fingerprint density at radius 2 is 1.67 bits per heavy atom. The number of carbonyl (C=O) groups is 1. The molecule has 12 heteroatoms. The molecule has 0 saturated heterocycles. The fraction of sp³-hybridized carbons (Fsp3) is 0.190. The normalized spacial score (nSPS) is 14.2. The minimum atomic E-state index is -4.52. The van der Waals surface area contributed by atoms with Crippen molar-refractivity contribution >= 4 is 47.4 Å². The van der Waals surface area contributed by atoms with E-state index in [4.69, 9.17) is 0 Å². The fourth-order valence-corrected chi connectivity index (χ4v) is 6.74. The average molecular weight is 559 g/mol. The molecule has 174 valence electrons. The zero-order valence-corrected chi connectivity index (χ0v) is 20.3. The number of anilines is 1. The maximum absolute atomic E-state index is 14.2. The van der Waals surface area contributed by atoms with Gasteiger partial charge in [-0.05, 0) is 53.0 Å². The maximum atomic E-state index is 14.2. The molecule has 1 heterocycles. The molecule has 0 spiro atoms. The molecule has 1 aromatic heterocycles. The Morgan fingerprint density at radius 1 is 1.00 bits per heavy atom. The molecule has 0 radical (unpaired) electrons. The van der Waals surface area contributed by atoms with E-state index in [1.165, 1.54) is 12.1 Å². The SMILES string of the molecule is Cc1ccc(S(=O)(=O)n2cc(S(=O)(=O)Nc3cc(F)c(Br)cc3F)c3c2CC(=O)CC3)cc1. The number of rotatable bonds is 5. The molecule has 0 aliphatic heterocycles. The highest BCUT2D eigenvalue weighted by molar-refractivity contribution is 9.10. The molecule has 0 saturated carbocycles. The van der Waals surface area contributed by atoms with Gasteiger partial charge in [0.15, 0.2) is 0 Å². The van der Waals surface area contributed by atoms with E-state index < -0.39 is 42.3 Å². The highest BCUT2D eigenvalue weighted by atomic mass is 79.9. The van der Waals surface area contributed by atoms with Gasteiger partial charge < -0.3 is 0 Å². The number of fused-ring (bicyclic) bond motifs is 1. The van der Waals surface area contributed by atoms with Crippen LogP contribution in [0.5, 0.6) is 0 Å². The van der Waals surface area contributed by atoms with Crippen molar-refractivity contribution in [3.8, 4) is 0 Å². The summed E-state index contributed by atoms with van der Waals surface area (Å²) in [4.78, 5) is 11.6. The Hall–Kier alpha value is -2.57. The van der Waals surface area contributed by atoms with Gasteiger partial charge in [-0.25, -0.2) is 29.6 Å². The van der Waals surface area contributed by atoms with Crippen molar-refractivity contribution in [2.24, 2.45) is 0 Å². The predicted octanol–water partition coefficient (Wildman–Crippen LogP) is 3.93. The van der Waals surface area contributed by atoms with Crippen molar-refractivity contribution in [2.75, 3.05) is 4.72 Å². The lowest BCUT2D eigenvalue weighted by molar-refractivity contribution is -0.118. The minimum absolute atomic E-state index is 0.00198. The number of sulfonamides is 1. The molecule has 7 nitrogen and oxygen atoms in total. The third-order valence-corrected chi connectivity index (χ3v) is 9.03. The smallest absolute Gasteiger partial charge is 0.267 e. The summed E-state index contributed by atoms with van der Waals surface area (Å²) in [5.41, 5.74) is 0.380. The van der Waals surface area contributed by atoms with Crippen LogP contribution < -0.4 is 4.72 Å². The molecular formula is C21H17BrF2N2O5S2. The molecule has 0 bridgehead atoms. The van der Waals surface area contributed by atoms with Crippen LogP contribution in [-0.2, 0) is 37.7 Å². The molecule has 0 amide bonds. The van der Waals surface area contributed by atoms with Crippen LogP contribution in [0.1, 0.15) is 23.2 Å². The number of ketones is 1. The summed E-state index contributed by atoms with van der Waals surface area (Å²) < 4.78 is 83.5. The van der Waals surface area contributed by atoms with Crippen LogP contribution in [0.2, 0.25) is 0 Å². The molecule has 0 atom stereocenters. The van der Waals surface area contributed by atoms with Crippen molar-refractivity contribution in [2.45, 2.75) is 36.0 Å². The lowest BCUT2D eigenvalue weighted by Gasteiger charge is -2.16. The molecule has 2 aromatic carbocycles. The molecular weight excluding hydrogens is 542 g/mol.